The highest BCUT2D eigenvalue weighted by Crippen LogP contribution is 2.55. The summed E-state index contributed by atoms with van der Waals surface area (Å²) in [6.45, 7) is 10.1. The highest BCUT2D eigenvalue weighted by molar-refractivity contribution is 6.07. The number of carboxylic acids is 1. The second kappa shape index (κ2) is 9.50. The number of anilines is 1. The van der Waals surface area contributed by atoms with Gasteiger partial charge in [0.2, 0.25) is 0 Å². The summed E-state index contributed by atoms with van der Waals surface area (Å²) in [7, 11) is 3.32. The second-order valence-corrected chi connectivity index (χ2v) is 12.0. The smallest absolute Gasteiger partial charge is 0.356 e. The predicted molar refractivity (Wildman–Crippen MR) is 150 cm³/mol. The molecule has 3 aliphatic rings. The van der Waals surface area contributed by atoms with Gasteiger partial charge in [0.15, 0.2) is 11.5 Å². The topological polar surface area (TPSA) is 132 Å². The van der Waals surface area contributed by atoms with E-state index in [1.807, 2.05) is 34.6 Å². The van der Waals surface area contributed by atoms with Crippen LogP contribution in [0.25, 0.3) is 11.3 Å². The molecule has 2 aromatic rings. The van der Waals surface area contributed by atoms with E-state index in [1.54, 1.807) is 37.3 Å². The molecule has 0 saturated heterocycles. The van der Waals surface area contributed by atoms with E-state index >= 15 is 0 Å². The molecule has 0 bridgehead atoms. The average Bonchev–Trinajstić information content (AvgIpc) is 3.11. The van der Waals surface area contributed by atoms with Gasteiger partial charge in [0.1, 0.15) is 17.3 Å². The fourth-order valence-electron chi connectivity index (χ4n) is 6.45. The summed E-state index contributed by atoms with van der Waals surface area (Å²) in [5.74, 6) is -0.392. The number of pyridine rings is 1. The number of nitrogen functional groups attached to an aromatic ring is 1. The van der Waals surface area contributed by atoms with Gasteiger partial charge in [0.25, 0.3) is 5.91 Å². The summed E-state index contributed by atoms with van der Waals surface area (Å²) < 4.78 is 12.3. The molecule has 1 aromatic heterocycles. The van der Waals surface area contributed by atoms with E-state index in [1.165, 1.54) is 6.07 Å². The van der Waals surface area contributed by atoms with Crippen molar-refractivity contribution in [1.29, 1.82) is 0 Å². The van der Waals surface area contributed by atoms with Crippen LogP contribution in [0.15, 0.2) is 46.9 Å². The number of likely N-dealkylation sites (N-methyl/N-ethyl adjacent to an activating group) is 1. The Bertz CT molecular complexity index is 1530. The number of nitrogens with two attached hydrogens (primary N) is 1. The monoisotopic (exact) mass is 545 g/mol. The number of hydrogen-bond donors (Lipinski definition) is 2. The normalized spacial score (nSPS) is 21.9. The number of carbonyl (C=O) groups is 3. The average molecular weight is 546 g/mol. The van der Waals surface area contributed by atoms with Crippen molar-refractivity contribution in [1.82, 2.24) is 9.88 Å². The third-order valence-corrected chi connectivity index (χ3v) is 8.21. The van der Waals surface area contributed by atoms with E-state index in [2.05, 4.69) is 4.98 Å². The van der Waals surface area contributed by atoms with Crippen LogP contribution in [-0.4, -0.2) is 52.8 Å². The van der Waals surface area contributed by atoms with Crippen LogP contribution >= 0.6 is 0 Å². The lowest BCUT2D eigenvalue weighted by Crippen LogP contribution is -2.36. The molecule has 1 aromatic carbocycles. The first-order valence-corrected chi connectivity index (χ1v) is 13.4. The predicted octanol–water partition coefficient (Wildman–Crippen LogP) is 4.85. The molecule has 0 unspecified atom stereocenters. The molecule has 40 heavy (non-hydrogen) atoms. The summed E-state index contributed by atoms with van der Waals surface area (Å²) in [5.41, 5.74) is 8.77. The Morgan fingerprint density at radius 2 is 1.88 bits per heavy atom. The number of methoxy groups -OCH3 is 1. The van der Waals surface area contributed by atoms with E-state index in [0.29, 0.717) is 58.1 Å². The number of rotatable bonds is 5. The molecular formula is C31H35N3O6. The summed E-state index contributed by atoms with van der Waals surface area (Å²) in [5, 5.41) is 9.61. The van der Waals surface area contributed by atoms with Crippen LogP contribution in [0.1, 0.15) is 68.1 Å². The molecule has 3 heterocycles. The van der Waals surface area contributed by atoms with Crippen LogP contribution in [0.3, 0.4) is 0 Å². The van der Waals surface area contributed by atoms with Crippen LogP contribution in [0, 0.1) is 18.3 Å². The van der Waals surface area contributed by atoms with E-state index in [9.17, 15) is 19.5 Å². The second-order valence-electron chi connectivity index (χ2n) is 12.0. The summed E-state index contributed by atoms with van der Waals surface area (Å²) in [6.07, 6.45) is 0.890. The fourth-order valence-corrected chi connectivity index (χ4v) is 6.45. The molecule has 0 radical (unpaired) electrons. The van der Waals surface area contributed by atoms with Crippen LogP contribution in [0.2, 0.25) is 0 Å². The van der Waals surface area contributed by atoms with Gasteiger partial charge in [-0.2, -0.15) is 0 Å². The molecule has 210 valence electrons. The first-order chi connectivity index (χ1) is 18.8. The standard InChI is InChI=1S/C31H35N3O6/c1-14(2)27-28-25(29(36)34(27)6)24(23-19(35)12-31(4,5)13-21(23)40-28)22-15(3)16(8-11-20(22)39-7)18-10-9-17(32)26(33-18)30(37)38/h8-11,14,24,27H,12-13,32H2,1-7H3,(H,37,38)/t24-,27+/m0/s1. The zero-order valence-corrected chi connectivity index (χ0v) is 23.9. The Morgan fingerprint density at radius 1 is 1.18 bits per heavy atom. The van der Waals surface area contributed by atoms with Gasteiger partial charge < -0.3 is 25.2 Å². The van der Waals surface area contributed by atoms with Gasteiger partial charge in [-0.05, 0) is 48.1 Å². The minimum Gasteiger partial charge on any atom is -0.496 e. The number of amides is 1. The zero-order chi connectivity index (χ0) is 29.3. The summed E-state index contributed by atoms with van der Waals surface area (Å²) in [6, 6.07) is 6.48. The number of hydrogen-bond acceptors (Lipinski definition) is 7. The van der Waals surface area contributed by atoms with Gasteiger partial charge in [0.05, 0.1) is 36.0 Å². The van der Waals surface area contributed by atoms with Crippen molar-refractivity contribution in [3.05, 3.63) is 63.8 Å². The van der Waals surface area contributed by atoms with Gasteiger partial charge >= 0.3 is 5.97 Å². The van der Waals surface area contributed by atoms with Crippen molar-refractivity contribution >= 4 is 23.3 Å². The van der Waals surface area contributed by atoms with Crippen LogP contribution in [0.4, 0.5) is 5.69 Å². The first-order valence-electron chi connectivity index (χ1n) is 13.4. The van der Waals surface area contributed by atoms with E-state index in [0.717, 1.165) is 5.56 Å². The van der Waals surface area contributed by atoms with Crippen molar-refractivity contribution in [3.63, 3.8) is 0 Å². The van der Waals surface area contributed by atoms with Gasteiger partial charge in [-0.3, -0.25) is 9.59 Å². The number of aromatic carboxylic acids is 1. The number of Topliss-reactive ketones (excluding diaryl/α,β-unsaturated/α-hetero) is 1. The molecule has 9 nitrogen and oxygen atoms in total. The maximum absolute atomic E-state index is 13.9. The summed E-state index contributed by atoms with van der Waals surface area (Å²) in [4.78, 5) is 45.5. The number of allylic oxidation sites excluding steroid dienone is 2. The quantitative estimate of drug-likeness (QED) is 0.545. The first kappa shape index (κ1) is 27.4. The largest absolute Gasteiger partial charge is 0.496 e. The lowest BCUT2D eigenvalue weighted by molar-refractivity contribution is -0.126. The third-order valence-electron chi connectivity index (χ3n) is 8.21. The number of nitrogens with zero attached hydrogens (tertiary/aromatic N) is 2. The maximum atomic E-state index is 13.9. The Kier molecular flexibility index (Phi) is 6.51. The highest BCUT2D eigenvalue weighted by Gasteiger charge is 2.52. The molecule has 0 spiro atoms. The Labute approximate surface area is 233 Å². The fraction of sp³-hybridized carbons (Fsp3) is 0.419. The molecule has 1 amide bonds. The molecule has 0 saturated carbocycles. The lowest BCUT2D eigenvalue weighted by Gasteiger charge is -2.39. The van der Waals surface area contributed by atoms with Crippen LogP contribution in [0.5, 0.6) is 5.75 Å². The maximum Gasteiger partial charge on any atom is 0.356 e. The lowest BCUT2D eigenvalue weighted by atomic mass is 9.68. The Hall–Kier alpha value is -4.14. The molecule has 1 aliphatic carbocycles. The zero-order valence-electron chi connectivity index (χ0n) is 23.9. The van der Waals surface area contributed by atoms with Crippen molar-refractivity contribution in [2.45, 2.75) is 59.4 Å². The number of carbonyl (C=O) groups excluding carboxylic acids is 2. The molecule has 2 atom stereocenters. The van der Waals surface area contributed by atoms with Crippen molar-refractivity contribution in [3.8, 4) is 17.0 Å². The summed E-state index contributed by atoms with van der Waals surface area (Å²) >= 11 is 0. The minimum atomic E-state index is -1.23. The number of aromatic nitrogens is 1. The van der Waals surface area contributed by atoms with E-state index in [4.69, 9.17) is 15.2 Å². The van der Waals surface area contributed by atoms with E-state index < -0.39 is 11.9 Å². The van der Waals surface area contributed by atoms with Gasteiger partial charge in [-0.15, -0.1) is 0 Å². The SMILES string of the molecule is COc1ccc(-c2ccc(N)c(C(=O)O)n2)c(C)c1[C@H]1C2=C(CC(C)(C)CC2=O)OC2=C1C(=O)N(C)[C@@H]2C(C)C. The Morgan fingerprint density at radius 3 is 2.50 bits per heavy atom. The molecule has 5 rings (SSSR count). The molecular weight excluding hydrogens is 510 g/mol. The molecule has 3 N–H and O–H groups in total. The van der Waals surface area contributed by atoms with Crippen molar-refractivity contribution in [2.24, 2.45) is 11.3 Å². The van der Waals surface area contributed by atoms with Gasteiger partial charge in [-0.25, -0.2) is 9.78 Å². The number of carboxylic acid groups (broad SMARTS) is 1. The Balaban J connectivity index is 1.81. The highest BCUT2D eigenvalue weighted by atomic mass is 16.5. The third kappa shape index (κ3) is 4.15. The number of ether oxygens (including phenoxy) is 2. The van der Waals surface area contributed by atoms with Crippen molar-refractivity contribution in [2.75, 3.05) is 19.9 Å². The van der Waals surface area contributed by atoms with Crippen LogP contribution < -0.4 is 10.5 Å². The number of benzene rings is 1. The van der Waals surface area contributed by atoms with Gasteiger partial charge in [0, 0.05) is 36.6 Å². The molecule has 0 fully saturated rings. The van der Waals surface area contributed by atoms with Crippen molar-refractivity contribution < 1.29 is 29.0 Å². The minimum absolute atomic E-state index is 0.0584. The number of ketones is 1. The molecule has 2 aliphatic heterocycles. The van der Waals surface area contributed by atoms with Crippen LogP contribution in [-0.2, 0) is 14.3 Å². The molecule has 9 heteroatoms. The van der Waals surface area contributed by atoms with E-state index in [-0.39, 0.29) is 40.4 Å². The van der Waals surface area contributed by atoms with Gasteiger partial charge in [-0.1, -0.05) is 27.7 Å².